The van der Waals surface area contributed by atoms with Gasteiger partial charge in [0, 0.05) is 31.1 Å². The topological polar surface area (TPSA) is 95.4 Å². The molecule has 0 N–H and O–H groups in total. The summed E-state index contributed by atoms with van der Waals surface area (Å²) in [6.45, 7) is 1.75. The smallest absolute Gasteiger partial charge is 0.352 e. The first-order valence-electron chi connectivity index (χ1n) is 9.77. The quantitative estimate of drug-likeness (QED) is 0.626. The third kappa shape index (κ3) is 3.49. The number of imidazole rings is 1. The highest BCUT2D eigenvalue weighted by Gasteiger charge is 2.33. The van der Waals surface area contributed by atoms with E-state index in [1.54, 1.807) is 12.3 Å². The van der Waals surface area contributed by atoms with Crippen LogP contribution in [0, 0.1) is 11.3 Å². The minimum Gasteiger partial charge on any atom is -0.352 e. The van der Waals surface area contributed by atoms with Gasteiger partial charge < -0.3 is 4.90 Å². The number of hydrogen-bond acceptors (Lipinski definition) is 7. The zero-order chi connectivity index (χ0) is 22.3. The van der Waals surface area contributed by atoms with Crippen molar-refractivity contribution in [2.75, 3.05) is 24.5 Å². The maximum Gasteiger partial charge on any atom is 0.434 e. The molecule has 0 bridgehead atoms. The maximum absolute atomic E-state index is 13.1. The second-order valence-electron chi connectivity index (χ2n) is 7.24. The zero-order valence-corrected chi connectivity index (χ0v) is 16.6. The standard InChI is InChI=1S/C21H15F3N8/c22-21(23,24)17-12-32-16(9-29-19(32)10-28-17)20-27-6-4-18(30-20)31-7-1-2-13(11-31)14-3-5-26-15(14)8-25/h2-4,6,9-10,12H,1,5,7,11H2. The summed E-state index contributed by atoms with van der Waals surface area (Å²) in [5.41, 5.74) is 1.86. The minimum atomic E-state index is -4.57. The number of aromatic nitrogens is 5. The van der Waals surface area contributed by atoms with Crippen LogP contribution in [0.15, 0.2) is 59.1 Å². The van der Waals surface area contributed by atoms with Crippen molar-refractivity contribution in [3.05, 3.63) is 59.8 Å². The largest absolute Gasteiger partial charge is 0.434 e. The Labute approximate surface area is 180 Å². The van der Waals surface area contributed by atoms with Crippen molar-refractivity contribution in [3.8, 4) is 17.6 Å². The van der Waals surface area contributed by atoms with E-state index in [9.17, 15) is 18.4 Å². The van der Waals surface area contributed by atoms with Crippen molar-refractivity contribution >= 4 is 17.2 Å². The lowest BCUT2D eigenvalue weighted by Crippen LogP contribution is -2.31. The Hall–Kier alpha value is -4.07. The molecule has 0 spiro atoms. The molecule has 11 heteroatoms. The van der Waals surface area contributed by atoms with E-state index in [1.165, 1.54) is 10.6 Å². The molecular formula is C21H15F3N8. The zero-order valence-electron chi connectivity index (χ0n) is 16.6. The summed E-state index contributed by atoms with van der Waals surface area (Å²) in [5, 5.41) is 9.28. The first-order chi connectivity index (χ1) is 15.4. The van der Waals surface area contributed by atoms with E-state index < -0.39 is 11.9 Å². The molecule has 160 valence electrons. The Bertz CT molecular complexity index is 1340. The summed E-state index contributed by atoms with van der Waals surface area (Å²) < 4.78 is 40.6. The third-order valence-electron chi connectivity index (χ3n) is 5.28. The summed E-state index contributed by atoms with van der Waals surface area (Å²) in [7, 11) is 0. The molecule has 0 aliphatic carbocycles. The first kappa shape index (κ1) is 19.9. The number of alkyl halides is 3. The fraction of sp³-hybridized carbons (Fsp3) is 0.238. The molecule has 8 nitrogen and oxygen atoms in total. The highest BCUT2D eigenvalue weighted by atomic mass is 19.4. The van der Waals surface area contributed by atoms with Gasteiger partial charge in [0.2, 0.25) is 0 Å². The van der Waals surface area contributed by atoms with Gasteiger partial charge in [-0.3, -0.25) is 9.39 Å². The van der Waals surface area contributed by atoms with Crippen molar-refractivity contribution in [2.45, 2.75) is 12.6 Å². The van der Waals surface area contributed by atoms with Gasteiger partial charge in [0.05, 0.1) is 18.9 Å². The lowest BCUT2D eigenvalue weighted by Gasteiger charge is -2.29. The van der Waals surface area contributed by atoms with E-state index in [0.29, 0.717) is 36.9 Å². The molecule has 0 saturated carbocycles. The fourth-order valence-corrected chi connectivity index (χ4v) is 3.77. The molecule has 0 radical (unpaired) electrons. The Morgan fingerprint density at radius 1 is 1.09 bits per heavy atom. The first-order valence-corrected chi connectivity index (χ1v) is 9.77. The molecule has 0 amide bonds. The Morgan fingerprint density at radius 2 is 1.97 bits per heavy atom. The molecule has 0 unspecified atom stereocenters. The number of nitriles is 1. The SMILES string of the molecule is N#CC1=NCC=C1C1=CCCN(c2ccnc(-c3cnc4cnc(C(F)(F)F)cn34)n2)C1. The van der Waals surface area contributed by atoms with Crippen LogP contribution in [0.25, 0.3) is 17.2 Å². The van der Waals surface area contributed by atoms with Crippen molar-refractivity contribution in [1.29, 1.82) is 5.26 Å². The maximum atomic E-state index is 13.1. The molecule has 5 heterocycles. The van der Waals surface area contributed by atoms with Crippen molar-refractivity contribution in [1.82, 2.24) is 24.3 Å². The van der Waals surface area contributed by atoms with Gasteiger partial charge in [-0.1, -0.05) is 12.2 Å². The molecule has 0 fully saturated rings. The van der Waals surface area contributed by atoms with E-state index in [1.807, 2.05) is 11.0 Å². The van der Waals surface area contributed by atoms with Crippen molar-refractivity contribution in [2.24, 2.45) is 4.99 Å². The van der Waals surface area contributed by atoms with Gasteiger partial charge in [0.1, 0.15) is 23.3 Å². The molecule has 3 aromatic heterocycles. The number of anilines is 1. The Morgan fingerprint density at radius 3 is 2.78 bits per heavy atom. The number of rotatable bonds is 3. The summed E-state index contributed by atoms with van der Waals surface area (Å²) in [6, 6.07) is 3.88. The Balaban J connectivity index is 1.47. The van der Waals surface area contributed by atoms with Gasteiger partial charge in [-0.25, -0.2) is 19.9 Å². The van der Waals surface area contributed by atoms with E-state index in [0.717, 1.165) is 30.0 Å². The van der Waals surface area contributed by atoms with Crippen LogP contribution in [0.3, 0.4) is 0 Å². The molecular weight excluding hydrogens is 421 g/mol. The molecule has 32 heavy (non-hydrogen) atoms. The summed E-state index contributed by atoms with van der Waals surface area (Å²) in [6.07, 6.45) is 5.18. The van der Waals surface area contributed by atoms with Crippen LogP contribution in [0.4, 0.5) is 19.0 Å². The Kier molecular flexibility index (Phi) is 4.70. The van der Waals surface area contributed by atoms with Crippen LogP contribution in [-0.4, -0.2) is 49.7 Å². The number of fused-ring (bicyclic) bond motifs is 1. The average Bonchev–Trinajstić information content (AvgIpc) is 3.45. The second kappa shape index (κ2) is 7.56. The minimum absolute atomic E-state index is 0.254. The molecule has 0 atom stereocenters. The van der Waals surface area contributed by atoms with Crippen LogP contribution < -0.4 is 4.90 Å². The van der Waals surface area contributed by atoms with Gasteiger partial charge in [0.15, 0.2) is 17.2 Å². The van der Waals surface area contributed by atoms with E-state index >= 15 is 0 Å². The highest BCUT2D eigenvalue weighted by molar-refractivity contribution is 6.15. The molecule has 5 rings (SSSR count). The lowest BCUT2D eigenvalue weighted by atomic mass is 9.98. The molecule has 2 aliphatic rings. The molecule has 3 aromatic rings. The van der Waals surface area contributed by atoms with Crippen LogP contribution in [0.5, 0.6) is 0 Å². The third-order valence-corrected chi connectivity index (χ3v) is 5.28. The normalized spacial score (nSPS) is 16.6. The number of nitrogens with zero attached hydrogens (tertiary/aromatic N) is 8. The van der Waals surface area contributed by atoms with Crippen LogP contribution >= 0.6 is 0 Å². The van der Waals surface area contributed by atoms with Crippen LogP contribution in [0.1, 0.15) is 12.1 Å². The summed E-state index contributed by atoms with van der Waals surface area (Å²) in [5.74, 6) is 0.888. The average molecular weight is 436 g/mol. The summed E-state index contributed by atoms with van der Waals surface area (Å²) >= 11 is 0. The van der Waals surface area contributed by atoms with Crippen molar-refractivity contribution in [3.63, 3.8) is 0 Å². The molecule has 2 aliphatic heterocycles. The monoisotopic (exact) mass is 436 g/mol. The van der Waals surface area contributed by atoms with Gasteiger partial charge >= 0.3 is 6.18 Å². The number of hydrogen-bond donors (Lipinski definition) is 0. The van der Waals surface area contributed by atoms with Crippen LogP contribution in [-0.2, 0) is 6.18 Å². The second-order valence-corrected chi connectivity index (χ2v) is 7.24. The lowest BCUT2D eigenvalue weighted by molar-refractivity contribution is -0.141. The van der Waals surface area contributed by atoms with Gasteiger partial charge in [0.25, 0.3) is 0 Å². The van der Waals surface area contributed by atoms with E-state index in [-0.39, 0.29) is 11.5 Å². The van der Waals surface area contributed by atoms with Crippen molar-refractivity contribution < 1.29 is 13.2 Å². The van der Waals surface area contributed by atoms with E-state index in [2.05, 4.69) is 37.1 Å². The highest BCUT2D eigenvalue weighted by Crippen LogP contribution is 2.29. The molecule has 0 aromatic carbocycles. The molecule has 0 saturated heterocycles. The van der Waals surface area contributed by atoms with Gasteiger partial charge in [-0.05, 0) is 18.1 Å². The van der Waals surface area contributed by atoms with E-state index in [4.69, 9.17) is 0 Å². The fourth-order valence-electron chi connectivity index (χ4n) is 3.77. The van der Waals surface area contributed by atoms with Gasteiger partial charge in [-0.15, -0.1) is 0 Å². The number of aliphatic imine (C=N–C) groups is 1. The predicted molar refractivity (Wildman–Crippen MR) is 110 cm³/mol. The van der Waals surface area contributed by atoms with Crippen LogP contribution in [0.2, 0.25) is 0 Å². The summed E-state index contributed by atoms with van der Waals surface area (Å²) in [4.78, 5) is 22.6. The number of halogens is 3. The predicted octanol–water partition coefficient (Wildman–Crippen LogP) is 3.25. The van der Waals surface area contributed by atoms with Gasteiger partial charge in [-0.2, -0.15) is 18.4 Å².